The van der Waals surface area contributed by atoms with Crippen molar-refractivity contribution in [2.75, 3.05) is 7.05 Å². The first kappa shape index (κ1) is 12.2. The molecule has 0 aromatic heterocycles. The zero-order chi connectivity index (χ0) is 12.5. The highest BCUT2D eigenvalue weighted by Gasteiger charge is 2.40. The Balaban J connectivity index is 1.59. The van der Waals surface area contributed by atoms with E-state index in [9.17, 15) is 0 Å². The van der Waals surface area contributed by atoms with Crippen LogP contribution in [0, 0.1) is 6.92 Å². The molecular formula is C16H24N2. The number of benzene rings is 1. The van der Waals surface area contributed by atoms with Gasteiger partial charge in [-0.05, 0) is 38.8 Å². The molecule has 3 rings (SSSR count). The van der Waals surface area contributed by atoms with Crippen LogP contribution >= 0.6 is 0 Å². The van der Waals surface area contributed by atoms with Crippen LogP contribution in [0.15, 0.2) is 24.3 Å². The lowest BCUT2D eigenvalue weighted by Gasteiger charge is -2.32. The summed E-state index contributed by atoms with van der Waals surface area (Å²) in [6.07, 6.45) is 5.53. The highest BCUT2D eigenvalue weighted by Crippen LogP contribution is 2.34. The van der Waals surface area contributed by atoms with Crippen LogP contribution in [0.1, 0.15) is 36.8 Å². The molecule has 2 bridgehead atoms. The summed E-state index contributed by atoms with van der Waals surface area (Å²) in [4.78, 5) is 2.61. The van der Waals surface area contributed by atoms with Crippen molar-refractivity contribution >= 4 is 0 Å². The van der Waals surface area contributed by atoms with E-state index in [1.54, 1.807) is 0 Å². The SMILES string of the molecule is Cc1ccc(CNC2C[C@H]3CCC[C@@H]2N3C)cc1. The molecule has 2 aliphatic rings. The lowest BCUT2D eigenvalue weighted by molar-refractivity contribution is 0.169. The first-order valence-electron chi connectivity index (χ1n) is 7.25. The Kier molecular flexibility index (Phi) is 3.40. The van der Waals surface area contributed by atoms with Crippen LogP contribution in [0.5, 0.6) is 0 Å². The number of nitrogens with zero attached hydrogens (tertiary/aromatic N) is 1. The van der Waals surface area contributed by atoms with Gasteiger partial charge in [-0.25, -0.2) is 0 Å². The Labute approximate surface area is 110 Å². The van der Waals surface area contributed by atoms with E-state index in [0.29, 0.717) is 6.04 Å². The molecule has 1 aromatic carbocycles. The first-order valence-corrected chi connectivity index (χ1v) is 7.25. The van der Waals surface area contributed by atoms with Crippen molar-refractivity contribution in [2.45, 2.75) is 57.3 Å². The summed E-state index contributed by atoms with van der Waals surface area (Å²) in [6, 6.07) is 11.2. The van der Waals surface area contributed by atoms with E-state index in [1.807, 2.05) is 0 Å². The summed E-state index contributed by atoms with van der Waals surface area (Å²) in [5, 5.41) is 3.78. The summed E-state index contributed by atoms with van der Waals surface area (Å²) in [5.41, 5.74) is 2.75. The quantitative estimate of drug-likeness (QED) is 0.879. The lowest BCUT2D eigenvalue weighted by atomic mass is 10.0. The molecule has 0 radical (unpaired) electrons. The number of hydrogen-bond donors (Lipinski definition) is 1. The fourth-order valence-electron chi connectivity index (χ4n) is 3.63. The van der Waals surface area contributed by atoms with Crippen LogP contribution in [-0.4, -0.2) is 30.1 Å². The summed E-state index contributed by atoms with van der Waals surface area (Å²) in [6.45, 7) is 3.16. The van der Waals surface area contributed by atoms with Crippen LogP contribution in [0.25, 0.3) is 0 Å². The van der Waals surface area contributed by atoms with Gasteiger partial charge >= 0.3 is 0 Å². The zero-order valence-electron chi connectivity index (χ0n) is 11.5. The van der Waals surface area contributed by atoms with Gasteiger partial charge < -0.3 is 5.32 Å². The molecule has 2 heterocycles. The average molecular weight is 244 g/mol. The molecule has 2 aliphatic heterocycles. The Morgan fingerprint density at radius 1 is 1.22 bits per heavy atom. The van der Waals surface area contributed by atoms with E-state index in [2.05, 4.69) is 48.5 Å². The molecule has 2 heteroatoms. The maximum atomic E-state index is 3.78. The third-order valence-corrected chi connectivity index (χ3v) is 4.82. The van der Waals surface area contributed by atoms with E-state index in [1.165, 1.54) is 36.8 Å². The summed E-state index contributed by atoms with van der Waals surface area (Å²) in [5.74, 6) is 0. The van der Waals surface area contributed by atoms with Crippen molar-refractivity contribution in [1.82, 2.24) is 10.2 Å². The lowest BCUT2D eigenvalue weighted by Crippen LogP contribution is -2.43. The minimum Gasteiger partial charge on any atom is -0.308 e. The number of rotatable bonds is 3. The van der Waals surface area contributed by atoms with Crippen LogP contribution in [0.3, 0.4) is 0 Å². The molecule has 1 unspecified atom stereocenters. The molecule has 0 saturated carbocycles. The van der Waals surface area contributed by atoms with E-state index in [-0.39, 0.29) is 0 Å². The molecule has 3 atom stereocenters. The molecule has 0 spiro atoms. The number of fused-ring (bicyclic) bond motifs is 2. The van der Waals surface area contributed by atoms with Gasteiger partial charge in [-0.2, -0.15) is 0 Å². The van der Waals surface area contributed by atoms with E-state index in [4.69, 9.17) is 0 Å². The monoisotopic (exact) mass is 244 g/mol. The van der Waals surface area contributed by atoms with E-state index < -0.39 is 0 Å². The topological polar surface area (TPSA) is 15.3 Å². The molecule has 18 heavy (non-hydrogen) atoms. The number of aryl methyl sites for hydroxylation is 1. The summed E-state index contributed by atoms with van der Waals surface area (Å²) < 4.78 is 0. The molecule has 0 amide bonds. The standard InChI is InChI=1S/C16H24N2/c1-12-6-8-13(9-7-12)11-17-15-10-14-4-3-5-16(15)18(14)2/h6-9,14-17H,3-5,10-11H2,1-2H3/t14-,15?,16+/m1/s1. The Morgan fingerprint density at radius 3 is 2.72 bits per heavy atom. The summed E-state index contributed by atoms with van der Waals surface area (Å²) in [7, 11) is 2.31. The Bertz CT molecular complexity index is 398. The van der Waals surface area contributed by atoms with Crippen LogP contribution in [0.4, 0.5) is 0 Å². The molecule has 2 fully saturated rings. The van der Waals surface area contributed by atoms with Gasteiger partial charge in [0.1, 0.15) is 0 Å². The van der Waals surface area contributed by atoms with Crippen molar-refractivity contribution in [3.05, 3.63) is 35.4 Å². The molecule has 0 aliphatic carbocycles. The first-order chi connectivity index (χ1) is 8.74. The van der Waals surface area contributed by atoms with Gasteiger partial charge in [0.2, 0.25) is 0 Å². The molecule has 1 aromatic rings. The maximum Gasteiger partial charge on any atom is 0.0249 e. The summed E-state index contributed by atoms with van der Waals surface area (Å²) >= 11 is 0. The largest absolute Gasteiger partial charge is 0.308 e. The highest BCUT2D eigenvalue weighted by molar-refractivity contribution is 5.21. The van der Waals surface area contributed by atoms with E-state index in [0.717, 1.165) is 18.6 Å². The minimum absolute atomic E-state index is 0.698. The van der Waals surface area contributed by atoms with Crippen molar-refractivity contribution in [1.29, 1.82) is 0 Å². The van der Waals surface area contributed by atoms with Crippen molar-refractivity contribution in [3.63, 3.8) is 0 Å². The number of likely N-dealkylation sites (N-methyl/N-ethyl adjacent to an activating group) is 1. The Morgan fingerprint density at radius 2 is 2.00 bits per heavy atom. The van der Waals surface area contributed by atoms with E-state index >= 15 is 0 Å². The molecular weight excluding hydrogens is 220 g/mol. The molecule has 2 saturated heterocycles. The third-order valence-electron chi connectivity index (χ3n) is 4.82. The number of nitrogens with one attached hydrogen (secondary N) is 1. The normalized spacial score (nSPS) is 31.8. The maximum absolute atomic E-state index is 3.78. The smallest absolute Gasteiger partial charge is 0.0249 e. The second-order valence-electron chi connectivity index (χ2n) is 6.03. The molecule has 98 valence electrons. The van der Waals surface area contributed by atoms with Crippen molar-refractivity contribution in [3.8, 4) is 0 Å². The van der Waals surface area contributed by atoms with Gasteiger partial charge in [0.15, 0.2) is 0 Å². The van der Waals surface area contributed by atoms with Gasteiger partial charge in [0, 0.05) is 24.7 Å². The van der Waals surface area contributed by atoms with Crippen LogP contribution in [-0.2, 0) is 6.54 Å². The van der Waals surface area contributed by atoms with Crippen LogP contribution in [0.2, 0.25) is 0 Å². The van der Waals surface area contributed by atoms with Gasteiger partial charge in [0.25, 0.3) is 0 Å². The van der Waals surface area contributed by atoms with Gasteiger partial charge in [0.05, 0.1) is 0 Å². The highest BCUT2D eigenvalue weighted by atomic mass is 15.2. The predicted molar refractivity (Wildman–Crippen MR) is 75.6 cm³/mol. The second-order valence-corrected chi connectivity index (χ2v) is 6.03. The van der Waals surface area contributed by atoms with Crippen molar-refractivity contribution < 1.29 is 0 Å². The van der Waals surface area contributed by atoms with Crippen molar-refractivity contribution in [2.24, 2.45) is 0 Å². The third kappa shape index (κ3) is 2.32. The van der Waals surface area contributed by atoms with Gasteiger partial charge in [-0.15, -0.1) is 0 Å². The van der Waals surface area contributed by atoms with Gasteiger partial charge in [-0.3, -0.25) is 4.90 Å². The predicted octanol–water partition coefficient (Wildman–Crippen LogP) is 2.71. The number of hydrogen-bond acceptors (Lipinski definition) is 2. The molecule has 2 nitrogen and oxygen atoms in total. The fraction of sp³-hybridized carbons (Fsp3) is 0.625. The zero-order valence-corrected chi connectivity index (χ0v) is 11.5. The second kappa shape index (κ2) is 5.02. The fourth-order valence-corrected chi connectivity index (χ4v) is 3.63. The molecule has 1 N–H and O–H groups in total. The minimum atomic E-state index is 0.698. The Hall–Kier alpha value is -0.860. The van der Waals surface area contributed by atoms with Crippen LogP contribution < -0.4 is 5.32 Å². The average Bonchev–Trinajstić information content (AvgIpc) is 2.57. The number of piperidine rings is 1. The van der Waals surface area contributed by atoms with Gasteiger partial charge in [-0.1, -0.05) is 36.2 Å².